The lowest BCUT2D eigenvalue weighted by Crippen LogP contribution is -2.33. The Balaban J connectivity index is 2.53. The molecule has 2 unspecified atom stereocenters. The molecule has 4 heteroatoms. The summed E-state index contributed by atoms with van der Waals surface area (Å²) in [5.74, 6) is 0. The third-order valence-electron chi connectivity index (χ3n) is 1.78. The van der Waals surface area contributed by atoms with E-state index in [0.717, 1.165) is 0 Å². The molecular weight excluding hydrogens is 136 g/mol. The van der Waals surface area contributed by atoms with Crippen LogP contribution in [0.4, 0.5) is 0 Å². The Labute approximate surface area is 59.1 Å². The molecule has 3 N–H and O–H groups in total. The van der Waals surface area contributed by atoms with E-state index in [1.54, 1.807) is 6.92 Å². The highest BCUT2D eigenvalue weighted by molar-refractivity contribution is 4.87. The molecular formula is C6H12O4. The second-order valence-electron chi connectivity index (χ2n) is 2.54. The van der Waals surface area contributed by atoms with Crippen LogP contribution in [0.15, 0.2) is 0 Å². The maximum atomic E-state index is 9.09. The summed E-state index contributed by atoms with van der Waals surface area (Å²) in [6, 6.07) is 0. The highest BCUT2D eigenvalue weighted by atomic mass is 16.5. The molecule has 10 heavy (non-hydrogen) atoms. The average Bonchev–Trinajstić information content (AvgIpc) is 2.17. The van der Waals surface area contributed by atoms with E-state index >= 15 is 0 Å². The van der Waals surface area contributed by atoms with Gasteiger partial charge in [0, 0.05) is 0 Å². The van der Waals surface area contributed by atoms with Gasteiger partial charge in [0.05, 0.1) is 12.7 Å². The van der Waals surface area contributed by atoms with E-state index < -0.39 is 18.3 Å². The molecule has 1 rings (SSSR count). The van der Waals surface area contributed by atoms with Gasteiger partial charge in [-0.15, -0.1) is 0 Å². The van der Waals surface area contributed by atoms with Crippen molar-refractivity contribution in [2.45, 2.75) is 31.3 Å². The van der Waals surface area contributed by atoms with Crippen molar-refractivity contribution in [1.29, 1.82) is 0 Å². The Hall–Kier alpha value is -0.160. The van der Waals surface area contributed by atoms with Crippen molar-refractivity contribution >= 4 is 0 Å². The van der Waals surface area contributed by atoms with E-state index in [0.29, 0.717) is 0 Å². The smallest absolute Gasteiger partial charge is 0.111 e. The first kappa shape index (κ1) is 7.94. The van der Waals surface area contributed by atoms with Gasteiger partial charge in [-0.3, -0.25) is 0 Å². The van der Waals surface area contributed by atoms with Crippen LogP contribution >= 0.6 is 0 Å². The summed E-state index contributed by atoms with van der Waals surface area (Å²) in [5.41, 5.74) is 0. The van der Waals surface area contributed by atoms with Gasteiger partial charge < -0.3 is 20.1 Å². The maximum absolute atomic E-state index is 9.09. The van der Waals surface area contributed by atoms with Gasteiger partial charge in [0.15, 0.2) is 0 Å². The number of rotatable bonds is 1. The van der Waals surface area contributed by atoms with Gasteiger partial charge in [-0.1, -0.05) is 0 Å². The molecule has 0 radical (unpaired) electrons. The molecule has 0 aromatic carbocycles. The first-order valence-corrected chi connectivity index (χ1v) is 3.29. The monoisotopic (exact) mass is 148 g/mol. The Bertz CT molecular complexity index is 116. The average molecular weight is 148 g/mol. The van der Waals surface area contributed by atoms with Crippen molar-refractivity contribution < 1.29 is 20.1 Å². The van der Waals surface area contributed by atoms with Crippen LogP contribution in [-0.2, 0) is 4.74 Å². The fraction of sp³-hybridized carbons (Fsp3) is 1.00. The highest BCUT2D eigenvalue weighted by Gasteiger charge is 2.39. The lowest BCUT2D eigenvalue weighted by molar-refractivity contribution is -0.0171. The number of hydrogen-bond acceptors (Lipinski definition) is 4. The molecule has 1 saturated heterocycles. The summed E-state index contributed by atoms with van der Waals surface area (Å²) in [7, 11) is 0. The molecule has 0 saturated carbocycles. The molecule has 0 aromatic heterocycles. The van der Waals surface area contributed by atoms with Crippen molar-refractivity contribution in [2.75, 3.05) is 6.61 Å². The largest absolute Gasteiger partial charge is 0.394 e. The standard InChI is InChI=1S/C6H12O4/c1-3-5(8)6(9)4(2-7)10-3/h3-9H,2H2,1H3/t3?,4?,5-,6+/m0/s1. The minimum Gasteiger partial charge on any atom is -0.394 e. The second kappa shape index (κ2) is 2.84. The van der Waals surface area contributed by atoms with Gasteiger partial charge in [0.25, 0.3) is 0 Å². The molecule has 0 amide bonds. The van der Waals surface area contributed by atoms with Crippen molar-refractivity contribution in [3.8, 4) is 0 Å². The predicted molar refractivity (Wildman–Crippen MR) is 33.4 cm³/mol. The number of aliphatic hydroxyl groups is 3. The molecule has 60 valence electrons. The lowest BCUT2D eigenvalue weighted by Gasteiger charge is -2.10. The zero-order valence-electron chi connectivity index (χ0n) is 5.77. The molecule has 1 aliphatic rings. The van der Waals surface area contributed by atoms with Gasteiger partial charge >= 0.3 is 0 Å². The van der Waals surface area contributed by atoms with Crippen LogP contribution in [0.2, 0.25) is 0 Å². The summed E-state index contributed by atoms with van der Waals surface area (Å²) < 4.78 is 4.98. The minimum atomic E-state index is -0.944. The topological polar surface area (TPSA) is 69.9 Å². The summed E-state index contributed by atoms with van der Waals surface area (Å²) in [4.78, 5) is 0. The lowest BCUT2D eigenvalue weighted by atomic mass is 10.1. The molecule has 0 aromatic rings. The predicted octanol–water partition coefficient (Wildman–Crippen LogP) is -1.51. The van der Waals surface area contributed by atoms with Crippen LogP contribution in [0.3, 0.4) is 0 Å². The number of hydrogen-bond donors (Lipinski definition) is 3. The number of aliphatic hydroxyl groups excluding tert-OH is 3. The molecule has 1 heterocycles. The third-order valence-corrected chi connectivity index (χ3v) is 1.78. The second-order valence-corrected chi connectivity index (χ2v) is 2.54. The quantitative estimate of drug-likeness (QED) is 0.422. The minimum absolute atomic E-state index is 0.247. The first-order valence-electron chi connectivity index (χ1n) is 3.29. The van der Waals surface area contributed by atoms with Crippen LogP contribution in [0, 0.1) is 0 Å². The zero-order valence-corrected chi connectivity index (χ0v) is 5.77. The zero-order chi connectivity index (χ0) is 7.72. The Morgan fingerprint density at radius 1 is 1.30 bits per heavy atom. The molecule has 4 atom stereocenters. The Morgan fingerprint density at radius 3 is 2.10 bits per heavy atom. The van der Waals surface area contributed by atoms with Crippen LogP contribution in [0.25, 0.3) is 0 Å². The van der Waals surface area contributed by atoms with E-state index in [-0.39, 0.29) is 12.7 Å². The summed E-state index contributed by atoms with van der Waals surface area (Å²) in [6.45, 7) is 1.41. The van der Waals surface area contributed by atoms with E-state index in [1.807, 2.05) is 0 Å². The van der Waals surface area contributed by atoms with Crippen LogP contribution in [0.5, 0.6) is 0 Å². The third kappa shape index (κ3) is 1.15. The van der Waals surface area contributed by atoms with E-state index in [1.165, 1.54) is 0 Å². The molecule has 0 spiro atoms. The van der Waals surface area contributed by atoms with E-state index in [2.05, 4.69) is 0 Å². The number of ether oxygens (including phenoxy) is 1. The van der Waals surface area contributed by atoms with Gasteiger partial charge in [-0.2, -0.15) is 0 Å². The normalized spacial score (nSPS) is 48.0. The van der Waals surface area contributed by atoms with Crippen molar-refractivity contribution in [1.82, 2.24) is 0 Å². The summed E-state index contributed by atoms with van der Waals surface area (Å²) >= 11 is 0. The fourth-order valence-corrected chi connectivity index (χ4v) is 1.09. The van der Waals surface area contributed by atoms with Gasteiger partial charge in [0.2, 0.25) is 0 Å². The van der Waals surface area contributed by atoms with E-state index in [4.69, 9.17) is 20.1 Å². The van der Waals surface area contributed by atoms with Gasteiger partial charge in [0.1, 0.15) is 18.3 Å². The molecule has 4 nitrogen and oxygen atoms in total. The SMILES string of the molecule is CC1OC(CO)[C@@H](O)[C@H]1O. The molecule has 1 fully saturated rings. The van der Waals surface area contributed by atoms with Crippen LogP contribution < -0.4 is 0 Å². The van der Waals surface area contributed by atoms with Crippen LogP contribution in [0.1, 0.15) is 6.92 Å². The van der Waals surface area contributed by atoms with Crippen molar-refractivity contribution in [3.63, 3.8) is 0 Å². The van der Waals surface area contributed by atoms with Gasteiger partial charge in [-0.05, 0) is 6.92 Å². The summed E-state index contributed by atoms with van der Waals surface area (Å²) in [6.07, 6.45) is -2.81. The Morgan fingerprint density at radius 2 is 1.90 bits per heavy atom. The molecule has 1 aliphatic heterocycles. The van der Waals surface area contributed by atoms with Crippen LogP contribution in [-0.4, -0.2) is 46.3 Å². The van der Waals surface area contributed by atoms with Crippen molar-refractivity contribution in [2.24, 2.45) is 0 Å². The highest BCUT2D eigenvalue weighted by Crippen LogP contribution is 2.19. The van der Waals surface area contributed by atoms with E-state index in [9.17, 15) is 0 Å². The fourth-order valence-electron chi connectivity index (χ4n) is 1.09. The molecule has 0 bridgehead atoms. The molecule has 0 aliphatic carbocycles. The first-order chi connectivity index (χ1) is 4.66. The van der Waals surface area contributed by atoms with Crippen molar-refractivity contribution in [3.05, 3.63) is 0 Å². The Kier molecular flexibility index (Phi) is 2.25. The van der Waals surface area contributed by atoms with Gasteiger partial charge in [-0.25, -0.2) is 0 Å². The summed E-state index contributed by atoms with van der Waals surface area (Å²) in [5, 5.41) is 26.8. The maximum Gasteiger partial charge on any atom is 0.111 e.